The van der Waals surface area contributed by atoms with Crippen molar-refractivity contribution < 1.29 is 4.74 Å². The molecule has 2 aromatic rings. The molecule has 4 heterocycles. The van der Waals surface area contributed by atoms with Crippen LogP contribution in [-0.4, -0.2) is 52.8 Å². The Morgan fingerprint density at radius 1 is 1.40 bits per heavy atom. The van der Waals surface area contributed by atoms with Crippen LogP contribution in [0.4, 0.5) is 5.82 Å². The number of thiophene rings is 1. The molecule has 4 rings (SSSR count). The fourth-order valence-electron chi connectivity index (χ4n) is 3.23. The van der Waals surface area contributed by atoms with Gasteiger partial charge in [-0.2, -0.15) is 0 Å². The molecule has 1 N–H and O–H groups in total. The SMILES string of the molecule is C[C@H]1CN2C[C@@H](Nc3ncnc4ccsc34)C[C@H]2CO1. The molecule has 0 aromatic carbocycles. The van der Waals surface area contributed by atoms with Gasteiger partial charge >= 0.3 is 0 Å². The van der Waals surface area contributed by atoms with E-state index in [-0.39, 0.29) is 0 Å². The number of ether oxygens (including phenoxy) is 1. The first-order chi connectivity index (χ1) is 9.79. The first kappa shape index (κ1) is 12.5. The summed E-state index contributed by atoms with van der Waals surface area (Å²) < 4.78 is 6.91. The zero-order valence-corrected chi connectivity index (χ0v) is 12.3. The number of nitrogens with one attached hydrogen (secondary N) is 1. The van der Waals surface area contributed by atoms with Crippen LogP contribution in [0, 0.1) is 0 Å². The summed E-state index contributed by atoms with van der Waals surface area (Å²) in [6, 6.07) is 3.05. The second-order valence-corrected chi connectivity index (χ2v) is 6.60. The highest BCUT2D eigenvalue weighted by Gasteiger charge is 2.36. The molecule has 0 amide bonds. The van der Waals surface area contributed by atoms with Crippen molar-refractivity contribution in [2.45, 2.75) is 31.5 Å². The minimum absolute atomic E-state index is 0.355. The average molecular weight is 290 g/mol. The van der Waals surface area contributed by atoms with Gasteiger partial charge in [0.15, 0.2) is 0 Å². The van der Waals surface area contributed by atoms with E-state index in [4.69, 9.17) is 4.74 Å². The highest BCUT2D eigenvalue weighted by molar-refractivity contribution is 7.17. The summed E-state index contributed by atoms with van der Waals surface area (Å²) in [6.07, 6.45) is 3.13. The lowest BCUT2D eigenvalue weighted by Gasteiger charge is -2.33. The minimum atomic E-state index is 0.355. The largest absolute Gasteiger partial charge is 0.376 e. The molecule has 0 saturated carbocycles. The topological polar surface area (TPSA) is 50.3 Å². The van der Waals surface area contributed by atoms with Crippen molar-refractivity contribution in [2.24, 2.45) is 0 Å². The summed E-state index contributed by atoms with van der Waals surface area (Å²) in [7, 11) is 0. The summed E-state index contributed by atoms with van der Waals surface area (Å²) in [5, 5.41) is 5.67. The van der Waals surface area contributed by atoms with Gasteiger partial charge in [-0.25, -0.2) is 9.97 Å². The zero-order chi connectivity index (χ0) is 13.5. The lowest BCUT2D eigenvalue weighted by Crippen LogP contribution is -2.45. The van der Waals surface area contributed by atoms with Gasteiger partial charge in [-0.05, 0) is 24.8 Å². The molecule has 0 spiro atoms. The van der Waals surface area contributed by atoms with E-state index in [0.717, 1.165) is 42.2 Å². The molecule has 106 valence electrons. The van der Waals surface area contributed by atoms with E-state index >= 15 is 0 Å². The molecule has 2 fully saturated rings. The Morgan fingerprint density at radius 2 is 2.35 bits per heavy atom. The molecule has 0 bridgehead atoms. The van der Waals surface area contributed by atoms with Crippen LogP contribution in [0.1, 0.15) is 13.3 Å². The number of hydrogen-bond donors (Lipinski definition) is 1. The van der Waals surface area contributed by atoms with E-state index in [2.05, 4.69) is 32.5 Å². The van der Waals surface area contributed by atoms with E-state index in [1.54, 1.807) is 17.7 Å². The highest BCUT2D eigenvalue weighted by atomic mass is 32.1. The molecule has 5 nitrogen and oxygen atoms in total. The summed E-state index contributed by atoms with van der Waals surface area (Å²) >= 11 is 1.70. The lowest BCUT2D eigenvalue weighted by molar-refractivity contribution is -0.0390. The predicted octanol–water partition coefficient (Wildman–Crippen LogP) is 1.96. The predicted molar refractivity (Wildman–Crippen MR) is 80.2 cm³/mol. The van der Waals surface area contributed by atoms with Gasteiger partial charge in [0.2, 0.25) is 0 Å². The normalized spacial score (nSPS) is 30.6. The molecule has 3 atom stereocenters. The fourth-order valence-corrected chi connectivity index (χ4v) is 4.03. The molecule has 2 aromatic heterocycles. The van der Waals surface area contributed by atoms with Gasteiger partial charge < -0.3 is 10.1 Å². The van der Waals surface area contributed by atoms with Gasteiger partial charge in [-0.3, -0.25) is 4.90 Å². The van der Waals surface area contributed by atoms with E-state index in [1.807, 2.05) is 6.07 Å². The Hall–Kier alpha value is -1.24. The van der Waals surface area contributed by atoms with Gasteiger partial charge in [0, 0.05) is 25.2 Å². The van der Waals surface area contributed by atoms with Gasteiger partial charge in [0.1, 0.15) is 12.1 Å². The van der Waals surface area contributed by atoms with Crippen molar-refractivity contribution >= 4 is 27.4 Å². The van der Waals surface area contributed by atoms with E-state index in [9.17, 15) is 0 Å². The molecule has 0 unspecified atom stereocenters. The Morgan fingerprint density at radius 3 is 3.30 bits per heavy atom. The van der Waals surface area contributed by atoms with Crippen LogP contribution in [0.3, 0.4) is 0 Å². The quantitative estimate of drug-likeness (QED) is 0.916. The van der Waals surface area contributed by atoms with E-state index in [0.29, 0.717) is 18.2 Å². The van der Waals surface area contributed by atoms with Crippen LogP contribution < -0.4 is 5.32 Å². The van der Waals surface area contributed by atoms with Crippen molar-refractivity contribution in [1.29, 1.82) is 0 Å². The number of nitrogens with zero attached hydrogens (tertiary/aromatic N) is 3. The summed E-state index contributed by atoms with van der Waals surface area (Å²) in [6.45, 7) is 5.13. The molecular formula is C14H18N4OS. The van der Waals surface area contributed by atoms with E-state index in [1.165, 1.54) is 0 Å². The van der Waals surface area contributed by atoms with Crippen LogP contribution in [0.15, 0.2) is 17.8 Å². The number of morpholine rings is 1. The van der Waals surface area contributed by atoms with Crippen molar-refractivity contribution in [3.05, 3.63) is 17.8 Å². The van der Waals surface area contributed by atoms with Crippen LogP contribution in [0.5, 0.6) is 0 Å². The van der Waals surface area contributed by atoms with Gasteiger partial charge in [-0.1, -0.05) is 0 Å². The maximum atomic E-state index is 5.76. The van der Waals surface area contributed by atoms with E-state index < -0.39 is 0 Å². The third kappa shape index (κ3) is 2.17. The lowest BCUT2D eigenvalue weighted by atomic mass is 10.1. The molecule has 2 aliphatic rings. The highest BCUT2D eigenvalue weighted by Crippen LogP contribution is 2.29. The second-order valence-electron chi connectivity index (χ2n) is 5.69. The van der Waals surface area contributed by atoms with Crippen LogP contribution >= 0.6 is 11.3 Å². The minimum Gasteiger partial charge on any atom is -0.376 e. The third-order valence-electron chi connectivity index (χ3n) is 4.18. The second kappa shape index (κ2) is 4.95. The number of hydrogen-bond acceptors (Lipinski definition) is 6. The van der Waals surface area contributed by atoms with Gasteiger partial charge in [0.25, 0.3) is 0 Å². The first-order valence-corrected chi connectivity index (χ1v) is 7.98. The molecular weight excluding hydrogens is 272 g/mol. The number of fused-ring (bicyclic) bond motifs is 2. The van der Waals surface area contributed by atoms with Crippen molar-refractivity contribution in [3.63, 3.8) is 0 Å². The molecule has 2 aliphatic heterocycles. The molecule has 20 heavy (non-hydrogen) atoms. The Kier molecular flexibility index (Phi) is 3.09. The number of aromatic nitrogens is 2. The molecule has 6 heteroatoms. The average Bonchev–Trinajstić information content (AvgIpc) is 3.04. The smallest absolute Gasteiger partial charge is 0.147 e. The molecule has 0 radical (unpaired) electrons. The standard InChI is InChI=1S/C14H18N4OS/c1-9-5-18-6-10(4-11(18)7-19-9)17-14-13-12(2-3-20-13)15-8-16-14/h2-3,8-11H,4-7H2,1H3,(H,15,16,17)/t9-,10-,11-/m0/s1. The van der Waals surface area contributed by atoms with Crippen molar-refractivity contribution in [1.82, 2.24) is 14.9 Å². The van der Waals surface area contributed by atoms with Crippen LogP contribution in [0.25, 0.3) is 10.2 Å². The molecule has 2 saturated heterocycles. The van der Waals surface area contributed by atoms with Gasteiger partial charge in [-0.15, -0.1) is 11.3 Å². The van der Waals surface area contributed by atoms with Gasteiger partial charge in [0.05, 0.1) is 22.9 Å². The first-order valence-electron chi connectivity index (χ1n) is 7.10. The van der Waals surface area contributed by atoms with Crippen molar-refractivity contribution in [3.8, 4) is 0 Å². The Bertz CT molecular complexity index is 616. The maximum absolute atomic E-state index is 5.76. The third-order valence-corrected chi connectivity index (χ3v) is 5.09. The number of anilines is 1. The molecule has 0 aliphatic carbocycles. The fraction of sp³-hybridized carbons (Fsp3) is 0.571. The number of rotatable bonds is 2. The Labute approximate surface area is 122 Å². The summed E-state index contributed by atoms with van der Waals surface area (Å²) in [4.78, 5) is 11.2. The zero-order valence-electron chi connectivity index (χ0n) is 11.5. The van der Waals surface area contributed by atoms with Crippen LogP contribution in [-0.2, 0) is 4.74 Å². The Balaban J connectivity index is 1.51. The summed E-state index contributed by atoms with van der Waals surface area (Å²) in [5.41, 5.74) is 1.03. The monoisotopic (exact) mass is 290 g/mol. The summed E-state index contributed by atoms with van der Waals surface area (Å²) in [5.74, 6) is 0.976. The van der Waals surface area contributed by atoms with Crippen LogP contribution in [0.2, 0.25) is 0 Å². The van der Waals surface area contributed by atoms with Crippen molar-refractivity contribution in [2.75, 3.05) is 25.0 Å². The maximum Gasteiger partial charge on any atom is 0.147 e.